The Morgan fingerprint density at radius 2 is 1.85 bits per heavy atom. The Morgan fingerprint density at radius 1 is 1.08 bits per heavy atom. The zero-order valence-electron chi connectivity index (χ0n) is 23.4. The number of ether oxygens (including phenoxy) is 1. The molecule has 1 aliphatic rings. The Kier molecular flexibility index (Phi) is 7.82. The predicted octanol–water partition coefficient (Wildman–Crippen LogP) is 5.62. The summed E-state index contributed by atoms with van der Waals surface area (Å²) in [6, 6.07) is 16.4. The van der Waals surface area contributed by atoms with E-state index in [1.54, 1.807) is 13.3 Å². The second-order valence-corrected chi connectivity index (χ2v) is 13.7. The van der Waals surface area contributed by atoms with Crippen LogP contribution in [0.1, 0.15) is 19.8 Å². The van der Waals surface area contributed by atoms with Crippen LogP contribution in [-0.2, 0) is 4.57 Å². The number of nitrogens with one attached hydrogen (secondary N) is 3. The van der Waals surface area contributed by atoms with Gasteiger partial charge in [-0.25, -0.2) is 0 Å². The number of rotatable bonds is 9. The lowest BCUT2D eigenvalue weighted by Gasteiger charge is -2.37. The summed E-state index contributed by atoms with van der Waals surface area (Å²) in [4.78, 5) is 17.4. The molecule has 3 N–H and O–H groups in total. The van der Waals surface area contributed by atoms with E-state index in [1.165, 1.54) is 0 Å². The molecule has 4 aromatic rings. The molecule has 0 unspecified atom stereocenters. The Morgan fingerprint density at radius 3 is 2.56 bits per heavy atom. The highest BCUT2D eigenvalue weighted by Gasteiger charge is 2.23. The molecule has 0 atom stereocenters. The summed E-state index contributed by atoms with van der Waals surface area (Å²) in [7, 11) is 1.82. The summed E-state index contributed by atoms with van der Waals surface area (Å²) in [5.41, 5.74) is 3.44. The first-order chi connectivity index (χ1) is 18.7. The predicted molar refractivity (Wildman–Crippen MR) is 163 cm³/mol. The molecule has 0 radical (unpaired) electrons. The number of fused-ring (bicyclic) bond motifs is 1. The van der Waals surface area contributed by atoms with Crippen molar-refractivity contribution in [2.24, 2.45) is 0 Å². The maximum absolute atomic E-state index is 12.9. The Balaban J connectivity index is 1.42. The molecule has 5 rings (SSSR count). The number of aromatic nitrogens is 3. The molecule has 10 heteroatoms. The van der Waals surface area contributed by atoms with Gasteiger partial charge < -0.3 is 34.7 Å². The van der Waals surface area contributed by atoms with Gasteiger partial charge in [0.25, 0.3) is 0 Å². The van der Waals surface area contributed by atoms with Crippen LogP contribution in [0, 0.1) is 0 Å². The third kappa shape index (κ3) is 6.05. The number of para-hydroxylation sites is 1. The van der Waals surface area contributed by atoms with Gasteiger partial charge in [-0.1, -0.05) is 12.1 Å². The largest absolute Gasteiger partial charge is 0.492 e. The molecule has 1 fully saturated rings. The third-order valence-corrected chi connectivity index (χ3v) is 8.75. The molecular formula is C29H38N7O2P. The molecule has 2 aromatic heterocycles. The summed E-state index contributed by atoms with van der Waals surface area (Å²) in [5.74, 6) is 1.93. The first-order valence-corrected chi connectivity index (χ1v) is 16.0. The van der Waals surface area contributed by atoms with Crippen LogP contribution in [0.2, 0.25) is 0 Å². The lowest BCUT2D eigenvalue weighted by Crippen LogP contribution is -2.42. The monoisotopic (exact) mass is 547 g/mol. The SMILES string of the molecule is CCOc1cc(Nc2nc(Nc3ccccc3P(C)(C)=O)c3cc[nH]c3n2)ccc1N1CCC(N(C)C)CC1. The van der Waals surface area contributed by atoms with E-state index in [0.717, 1.165) is 59.4 Å². The second-order valence-electron chi connectivity index (χ2n) is 10.6. The lowest BCUT2D eigenvalue weighted by molar-refractivity contribution is 0.249. The van der Waals surface area contributed by atoms with Crippen molar-refractivity contribution in [3.8, 4) is 5.75 Å². The van der Waals surface area contributed by atoms with Gasteiger partial charge in [0.1, 0.15) is 24.4 Å². The molecule has 0 spiro atoms. The number of hydrogen-bond donors (Lipinski definition) is 3. The maximum Gasteiger partial charge on any atom is 0.231 e. The minimum Gasteiger partial charge on any atom is -0.492 e. The van der Waals surface area contributed by atoms with Crippen molar-refractivity contribution in [2.75, 3.05) is 62.7 Å². The van der Waals surface area contributed by atoms with Gasteiger partial charge in [0.2, 0.25) is 5.95 Å². The van der Waals surface area contributed by atoms with E-state index >= 15 is 0 Å². The molecule has 9 nitrogen and oxygen atoms in total. The average Bonchev–Trinajstić information content (AvgIpc) is 3.38. The van der Waals surface area contributed by atoms with E-state index in [4.69, 9.17) is 9.72 Å². The van der Waals surface area contributed by atoms with Crippen LogP contribution in [-0.4, -0.2) is 73.0 Å². The number of H-pyrrole nitrogens is 1. The van der Waals surface area contributed by atoms with E-state index in [0.29, 0.717) is 30.1 Å². The number of hydrogen-bond acceptors (Lipinski definition) is 8. The van der Waals surface area contributed by atoms with Crippen LogP contribution in [0.5, 0.6) is 5.75 Å². The van der Waals surface area contributed by atoms with E-state index < -0.39 is 7.14 Å². The maximum atomic E-state index is 12.9. The van der Waals surface area contributed by atoms with Gasteiger partial charge in [-0.2, -0.15) is 9.97 Å². The summed E-state index contributed by atoms with van der Waals surface area (Å²) in [5, 5.41) is 8.41. The number of benzene rings is 2. The molecule has 2 aromatic carbocycles. The van der Waals surface area contributed by atoms with Crippen molar-refractivity contribution in [1.29, 1.82) is 0 Å². The molecule has 1 aliphatic heterocycles. The van der Waals surface area contributed by atoms with Gasteiger partial charge >= 0.3 is 0 Å². The Labute approximate surface area is 230 Å². The van der Waals surface area contributed by atoms with Crippen molar-refractivity contribution in [3.05, 3.63) is 54.7 Å². The number of anilines is 5. The van der Waals surface area contributed by atoms with Crippen molar-refractivity contribution >= 4 is 52.3 Å². The smallest absolute Gasteiger partial charge is 0.231 e. The van der Waals surface area contributed by atoms with Gasteiger partial charge in [0, 0.05) is 42.4 Å². The zero-order chi connectivity index (χ0) is 27.6. The van der Waals surface area contributed by atoms with Crippen LogP contribution >= 0.6 is 7.14 Å². The van der Waals surface area contributed by atoms with Crippen molar-refractivity contribution in [1.82, 2.24) is 19.9 Å². The van der Waals surface area contributed by atoms with Crippen LogP contribution in [0.25, 0.3) is 11.0 Å². The fourth-order valence-electron chi connectivity index (χ4n) is 5.15. The van der Waals surface area contributed by atoms with Crippen LogP contribution < -0.4 is 25.6 Å². The zero-order valence-corrected chi connectivity index (χ0v) is 24.3. The molecule has 0 saturated carbocycles. The number of aromatic amines is 1. The van der Waals surface area contributed by atoms with Crippen LogP contribution in [0.15, 0.2) is 54.7 Å². The molecule has 0 amide bonds. The fraction of sp³-hybridized carbons (Fsp3) is 0.379. The van der Waals surface area contributed by atoms with Gasteiger partial charge in [-0.05, 0) is 77.5 Å². The van der Waals surface area contributed by atoms with E-state index in [9.17, 15) is 4.57 Å². The van der Waals surface area contributed by atoms with Gasteiger partial charge in [0.05, 0.1) is 23.4 Å². The topological polar surface area (TPSA) is 98.4 Å². The average molecular weight is 548 g/mol. The highest BCUT2D eigenvalue weighted by atomic mass is 31.2. The first kappa shape index (κ1) is 27.0. The second kappa shape index (κ2) is 11.3. The van der Waals surface area contributed by atoms with Gasteiger partial charge in [-0.3, -0.25) is 0 Å². The molecule has 0 aliphatic carbocycles. The molecule has 39 heavy (non-hydrogen) atoms. The van der Waals surface area contributed by atoms with Crippen LogP contribution in [0.4, 0.5) is 28.8 Å². The van der Waals surface area contributed by atoms with Gasteiger partial charge in [-0.15, -0.1) is 0 Å². The van der Waals surface area contributed by atoms with E-state index in [2.05, 4.69) is 50.6 Å². The third-order valence-electron chi connectivity index (χ3n) is 7.20. The van der Waals surface area contributed by atoms with E-state index in [1.807, 2.05) is 55.6 Å². The quantitative estimate of drug-likeness (QED) is 0.232. The minimum atomic E-state index is -2.49. The molecule has 3 heterocycles. The normalized spacial score (nSPS) is 14.7. The summed E-state index contributed by atoms with van der Waals surface area (Å²) >= 11 is 0. The molecule has 1 saturated heterocycles. The standard InChI is InChI=1S/C29H38N7O2P/c1-6-38-25-19-20(11-12-24(25)36-17-14-21(15-18-36)35(2)3)31-29-33-27-22(13-16-30-27)28(34-29)32-23-9-7-8-10-26(23)39(4,5)37/h7-13,16,19,21H,6,14-15,17-18H2,1-5H3,(H3,30,31,32,33,34). The van der Waals surface area contributed by atoms with Crippen LogP contribution in [0.3, 0.4) is 0 Å². The van der Waals surface area contributed by atoms with E-state index in [-0.39, 0.29) is 0 Å². The Hall–Kier alpha value is -3.55. The highest BCUT2D eigenvalue weighted by Crippen LogP contribution is 2.39. The number of piperidine rings is 1. The van der Waals surface area contributed by atoms with Crippen molar-refractivity contribution in [3.63, 3.8) is 0 Å². The van der Waals surface area contributed by atoms with Crippen molar-refractivity contribution < 1.29 is 9.30 Å². The summed E-state index contributed by atoms with van der Waals surface area (Å²) in [6.45, 7) is 8.14. The summed E-state index contributed by atoms with van der Waals surface area (Å²) < 4.78 is 19.0. The molecule has 0 bridgehead atoms. The minimum absolute atomic E-state index is 0.447. The van der Waals surface area contributed by atoms with Crippen molar-refractivity contribution in [2.45, 2.75) is 25.8 Å². The fourth-order valence-corrected chi connectivity index (χ4v) is 6.30. The highest BCUT2D eigenvalue weighted by molar-refractivity contribution is 7.70. The first-order valence-electron chi connectivity index (χ1n) is 13.4. The Bertz CT molecular complexity index is 1490. The molecular weight excluding hydrogens is 509 g/mol. The lowest BCUT2D eigenvalue weighted by atomic mass is 10.0. The summed E-state index contributed by atoms with van der Waals surface area (Å²) in [6.07, 6.45) is 4.10. The van der Waals surface area contributed by atoms with Gasteiger partial charge in [0.15, 0.2) is 0 Å². The molecule has 206 valence electrons. The number of nitrogens with zero attached hydrogens (tertiary/aromatic N) is 4.